The Morgan fingerprint density at radius 1 is 1.57 bits per heavy atom. The largest absolute Gasteiger partial charge is 0.477 e. The second kappa shape index (κ2) is 5.80. The first-order valence-corrected chi connectivity index (χ1v) is 9.09. The molecule has 0 spiro atoms. The van der Waals surface area contributed by atoms with Gasteiger partial charge in [-0.25, -0.2) is 4.79 Å². The predicted molar refractivity (Wildman–Crippen MR) is 83.6 cm³/mol. The van der Waals surface area contributed by atoms with E-state index < -0.39 is 12.0 Å². The van der Waals surface area contributed by atoms with E-state index in [9.17, 15) is 14.7 Å². The summed E-state index contributed by atoms with van der Waals surface area (Å²) in [6.45, 7) is 0. The van der Waals surface area contributed by atoms with Gasteiger partial charge < -0.3 is 10.8 Å². The van der Waals surface area contributed by atoms with E-state index in [1.54, 1.807) is 0 Å². The van der Waals surface area contributed by atoms with Crippen LogP contribution in [0.4, 0.5) is 0 Å². The molecule has 3 N–H and O–H groups in total. The van der Waals surface area contributed by atoms with Crippen molar-refractivity contribution in [3.8, 4) is 0 Å². The molecule has 3 rings (SSSR count). The SMILES string of the molecule is NC1C(=O)N2C(C(=O)O)=C(CSc3nnc(S)s3)CS[C@@H]12. The van der Waals surface area contributed by atoms with Crippen LogP contribution in [0.15, 0.2) is 19.9 Å². The van der Waals surface area contributed by atoms with Gasteiger partial charge in [-0.15, -0.1) is 34.6 Å². The molecular weight excluding hydrogens is 352 g/mol. The molecule has 11 heteroatoms. The van der Waals surface area contributed by atoms with E-state index >= 15 is 0 Å². The lowest BCUT2D eigenvalue weighted by atomic mass is 10.0. The average Bonchev–Trinajstić information content (AvgIpc) is 2.88. The molecular formula is C10H10N4O3S4. The number of fused-ring (bicyclic) bond motifs is 1. The highest BCUT2D eigenvalue weighted by atomic mass is 32.2. The first-order chi connectivity index (χ1) is 9.99. The fourth-order valence-electron chi connectivity index (χ4n) is 2.10. The number of carbonyl (C=O) groups is 2. The highest BCUT2D eigenvalue weighted by Crippen LogP contribution is 2.40. The van der Waals surface area contributed by atoms with Crippen LogP contribution in [0, 0.1) is 0 Å². The topological polar surface area (TPSA) is 109 Å². The fourth-order valence-corrected chi connectivity index (χ4v) is 5.62. The van der Waals surface area contributed by atoms with E-state index in [4.69, 9.17) is 5.73 Å². The molecule has 0 radical (unpaired) electrons. The van der Waals surface area contributed by atoms with Crippen LogP contribution in [-0.4, -0.2) is 55.0 Å². The van der Waals surface area contributed by atoms with Gasteiger partial charge >= 0.3 is 5.97 Å². The Balaban J connectivity index is 1.81. The third-order valence-electron chi connectivity index (χ3n) is 3.06. The van der Waals surface area contributed by atoms with E-state index in [1.165, 1.54) is 39.8 Å². The van der Waals surface area contributed by atoms with Gasteiger partial charge in [0.25, 0.3) is 0 Å². The van der Waals surface area contributed by atoms with E-state index in [-0.39, 0.29) is 17.0 Å². The molecule has 2 aliphatic heterocycles. The van der Waals surface area contributed by atoms with E-state index in [2.05, 4.69) is 22.8 Å². The fraction of sp³-hybridized carbons (Fsp3) is 0.400. The summed E-state index contributed by atoms with van der Waals surface area (Å²) in [5, 5.41) is 16.8. The molecule has 0 aliphatic carbocycles. The zero-order valence-electron chi connectivity index (χ0n) is 10.4. The van der Waals surface area contributed by atoms with Crippen LogP contribution in [0.25, 0.3) is 0 Å². The highest BCUT2D eigenvalue weighted by molar-refractivity contribution is 8.02. The number of rotatable bonds is 4. The quantitative estimate of drug-likeness (QED) is 0.404. The maximum absolute atomic E-state index is 11.8. The minimum Gasteiger partial charge on any atom is -0.477 e. The number of carbonyl (C=O) groups excluding carboxylic acids is 1. The molecule has 1 aromatic heterocycles. The number of thiol groups is 1. The van der Waals surface area contributed by atoms with Crippen molar-refractivity contribution in [3.63, 3.8) is 0 Å². The van der Waals surface area contributed by atoms with E-state index in [1.807, 2.05) is 0 Å². The van der Waals surface area contributed by atoms with E-state index in [0.29, 0.717) is 21.4 Å². The van der Waals surface area contributed by atoms with Gasteiger partial charge in [-0.2, -0.15) is 0 Å². The molecule has 112 valence electrons. The Morgan fingerprint density at radius 3 is 2.95 bits per heavy atom. The Labute approximate surface area is 137 Å². The van der Waals surface area contributed by atoms with Crippen molar-refractivity contribution < 1.29 is 14.7 Å². The first kappa shape index (κ1) is 15.2. The Kier molecular flexibility index (Phi) is 4.19. The third kappa shape index (κ3) is 2.68. The number of nitrogens with zero attached hydrogens (tertiary/aromatic N) is 3. The number of β-lactam (4-membered cyclic amide) rings is 1. The second-order valence-corrected chi connectivity index (χ2v) is 8.36. The van der Waals surface area contributed by atoms with Crippen LogP contribution in [0.2, 0.25) is 0 Å². The molecule has 2 atom stereocenters. The van der Waals surface area contributed by atoms with Gasteiger partial charge in [0.2, 0.25) is 5.91 Å². The zero-order chi connectivity index (χ0) is 15.1. The minimum atomic E-state index is -1.09. The summed E-state index contributed by atoms with van der Waals surface area (Å²) in [5.74, 6) is -0.435. The van der Waals surface area contributed by atoms with Crippen LogP contribution < -0.4 is 5.73 Å². The lowest BCUT2D eigenvalue weighted by Crippen LogP contribution is -2.68. The molecule has 7 nitrogen and oxygen atoms in total. The van der Waals surface area contributed by atoms with Crippen LogP contribution >= 0.6 is 47.5 Å². The van der Waals surface area contributed by atoms with Crippen LogP contribution in [0.5, 0.6) is 0 Å². The molecule has 1 unspecified atom stereocenters. The smallest absolute Gasteiger partial charge is 0.352 e. The van der Waals surface area contributed by atoms with Crippen molar-refractivity contribution in [2.45, 2.75) is 20.1 Å². The first-order valence-electron chi connectivity index (χ1n) is 5.80. The normalized spacial score (nSPS) is 24.9. The standard InChI is InChI=1S/C10H10N4O3S4/c11-4-6(15)14-5(8(16)17)3(1-19-7(4)14)2-20-10-13-12-9(18)21-10/h4,7H,1-2,11H2,(H,12,18)(H,16,17)/t4?,7-/m0/s1. The molecule has 21 heavy (non-hydrogen) atoms. The molecule has 2 aliphatic rings. The highest BCUT2D eigenvalue weighted by Gasteiger charge is 2.51. The van der Waals surface area contributed by atoms with Gasteiger partial charge in [-0.05, 0) is 5.57 Å². The number of hydrogen-bond acceptors (Lipinski definition) is 9. The molecule has 1 saturated heterocycles. The van der Waals surface area contributed by atoms with Crippen LogP contribution in [-0.2, 0) is 9.59 Å². The molecule has 0 aromatic carbocycles. The second-order valence-electron chi connectivity index (χ2n) is 4.33. The lowest BCUT2D eigenvalue weighted by molar-refractivity contribution is -0.147. The Morgan fingerprint density at radius 2 is 2.33 bits per heavy atom. The number of amides is 1. The van der Waals surface area contributed by atoms with Crippen molar-refractivity contribution in [1.29, 1.82) is 0 Å². The monoisotopic (exact) mass is 362 g/mol. The zero-order valence-corrected chi connectivity index (χ0v) is 13.8. The molecule has 1 amide bonds. The number of aromatic nitrogens is 2. The van der Waals surface area contributed by atoms with Gasteiger partial charge in [-0.1, -0.05) is 23.1 Å². The summed E-state index contributed by atoms with van der Waals surface area (Å²) in [7, 11) is 0. The van der Waals surface area contributed by atoms with E-state index in [0.717, 1.165) is 4.34 Å². The minimum absolute atomic E-state index is 0.0635. The number of carboxylic acid groups (broad SMARTS) is 1. The van der Waals surface area contributed by atoms with Crippen molar-refractivity contribution in [1.82, 2.24) is 15.1 Å². The molecule has 3 heterocycles. The number of nitrogens with two attached hydrogens (primary N) is 1. The number of aliphatic carboxylic acids is 1. The summed E-state index contributed by atoms with van der Waals surface area (Å²) < 4.78 is 1.28. The number of hydrogen-bond donors (Lipinski definition) is 3. The maximum Gasteiger partial charge on any atom is 0.352 e. The van der Waals surface area contributed by atoms with Crippen molar-refractivity contribution in [2.75, 3.05) is 11.5 Å². The van der Waals surface area contributed by atoms with Crippen LogP contribution in [0.1, 0.15) is 0 Å². The van der Waals surface area contributed by atoms with Gasteiger partial charge in [0.05, 0.1) is 0 Å². The van der Waals surface area contributed by atoms with Crippen molar-refractivity contribution in [2.24, 2.45) is 5.73 Å². The van der Waals surface area contributed by atoms with Gasteiger partial charge in [0.1, 0.15) is 17.1 Å². The predicted octanol–water partition coefficient (Wildman–Crippen LogP) is 0.500. The third-order valence-corrected chi connectivity index (χ3v) is 6.73. The summed E-state index contributed by atoms with van der Waals surface area (Å²) in [6.07, 6.45) is 0. The van der Waals surface area contributed by atoms with Gasteiger partial charge in [0, 0.05) is 11.5 Å². The molecule has 1 fully saturated rings. The van der Waals surface area contributed by atoms with Gasteiger partial charge in [0.15, 0.2) is 8.68 Å². The molecule has 0 saturated carbocycles. The maximum atomic E-state index is 11.8. The van der Waals surface area contributed by atoms with Crippen molar-refractivity contribution in [3.05, 3.63) is 11.3 Å². The summed E-state index contributed by atoms with van der Waals surface area (Å²) in [5.41, 5.74) is 6.46. The summed E-state index contributed by atoms with van der Waals surface area (Å²) in [6, 6.07) is -0.603. The average molecular weight is 362 g/mol. The number of carboxylic acids is 1. The Hall–Kier alpha value is -0.750. The summed E-state index contributed by atoms with van der Waals surface area (Å²) >= 11 is 8.30. The Bertz CT molecular complexity index is 646. The summed E-state index contributed by atoms with van der Waals surface area (Å²) in [4.78, 5) is 24.6. The van der Waals surface area contributed by atoms with Crippen molar-refractivity contribution >= 4 is 59.4 Å². The molecule has 1 aromatic rings. The lowest BCUT2D eigenvalue weighted by Gasteiger charge is -2.48. The van der Waals surface area contributed by atoms with Gasteiger partial charge in [-0.3, -0.25) is 9.69 Å². The van der Waals surface area contributed by atoms with Crippen LogP contribution in [0.3, 0.4) is 0 Å². The number of thioether (sulfide) groups is 2. The molecule has 0 bridgehead atoms.